The van der Waals surface area contributed by atoms with E-state index < -0.39 is 0 Å². The van der Waals surface area contributed by atoms with Crippen molar-refractivity contribution in [2.45, 2.75) is 6.54 Å². The Morgan fingerprint density at radius 1 is 1.14 bits per heavy atom. The van der Waals surface area contributed by atoms with Gasteiger partial charge in [-0.3, -0.25) is 4.90 Å². The molecule has 0 unspecified atom stereocenters. The minimum atomic E-state index is -0.259. The first-order valence-corrected chi connectivity index (χ1v) is 7.34. The van der Waals surface area contributed by atoms with Crippen LogP contribution in [0.4, 0.5) is 10.2 Å². The van der Waals surface area contributed by atoms with Gasteiger partial charge in [0, 0.05) is 45.0 Å². The molecular formula is C16H19FN4O. The third-order valence-corrected chi connectivity index (χ3v) is 3.79. The zero-order valence-electron chi connectivity index (χ0n) is 12.6. The zero-order valence-corrected chi connectivity index (χ0v) is 12.6. The summed E-state index contributed by atoms with van der Waals surface area (Å²) < 4.78 is 18.9. The van der Waals surface area contributed by atoms with Crippen LogP contribution < -0.4 is 9.64 Å². The summed E-state index contributed by atoms with van der Waals surface area (Å²) in [7, 11) is 1.62. The molecule has 1 aliphatic heterocycles. The van der Waals surface area contributed by atoms with Crippen molar-refractivity contribution in [3.8, 4) is 5.88 Å². The first kappa shape index (κ1) is 14.7. The number of anilines is 1. The molecule has 0 saturated carbocycles. The van der Waals surface area contributed by atoms with Crippen LogP contribution in [-0.4, -0.2) is 48.2 Å². The Bertz CT molecular complexity index is 629. The number of pyridine rings is 2. The lowest BCUT2D eigenvalue weighted by atomic mass is 10.2. The molecule has 3 heterocycles. The monoisotopic (exact) mass is 302 g/mol. The maximum absolute atomic E-state index is 13.8. The fourth-order valence-electron chi connectivity index (χ4n) is 2.62. The SMILES string of the molecule is COc1cccc(CN2CCN(c3ncccc3F)CC2)n1. The Morgan fingerprint density at radius 2 is 1.95 bits per heavy atom. The second kappa shape index (κ2) is 6.70. The van der Waals surface area contributed by atoms with E-state index in [2.05, 4.69) is 14.9 Å². The van der Waals surface area contributed by atoms with Gasteiger partial charge < -0.3 is 9.64 Å². The summed E-state index contributed by atoms with van der Waals surface area (Å²) in [4.78, 5) is 12.9. The van der Waals surface area contributed by atoms with Gasteiger partial charge in [-0.05, 0) is 18.2 Å². The number of hydrogen-bond donors (Lipinski definition) is 0. The quantitative estimate of drug-likeness (QED) is 0.863. The van der Waals surface area contributed by atoms with E-state index >= 15 is 0 Å². The highest BCUT2D eigenvalue weighted by atomic mass is 19.1. The number of halogens is 1. The van der Waals surface area contributed by atoms with Crippen molar-refractivity contribution in [3.05, 3.63) is 48.0 Å². The second-order valence-electron chi connectivity index (χ2n) is 5.24. The van der Waals surface area contributed by atoms with Crippen molar-refractivity contribution in [3.63, 3.8) is 0 Å². The van der Waals surface area contributed by atoms with Crippen molar-refractivity contribution in [1.82, 2.24) is 14.9 Å². The highest BCUT2D eigenvalue weighted by Gasteiger charge is 2.20. The normalized spacial score (nSPS) is 15.8. The molecule has 0 N–H and O–H groups in total. The largest absolute Gasteiger partial charge is 0.481 e. The zero-order chi connectivity index (χ0) is 15.4. The second-order valence-corrected chi connectivity index (χ2v) is 5.24. The van der Waals surface area contributed by atoms with Crippen LogP contribution in [0.5, 0.6) is 5.88 Å². The van der Waals surface area contributed by atoms with E-state index in [0.717, 1.165) is 38.4 Å². The lowest BCUT2D eigenvalue weighted by Gasteiger charge is -2.35. The molecule has 116 valence electrons. The predicted octanol–water partition coefficient (Wildman–Crippen LogP) is 1.95. The summed E-state index contributed by atoms with van der Waals surface area (Å²) in [6.45, 7) is 4.01. The molecule has 5 nitrogen and oxygen atoms in total. The first-order valence-electron chi connectivity index (χ1n) is 7.34. The van der Waals surface area contributed by atoms with Crippen LogP contribution in [0.3, 0.4) is 0 Å². The minimum absolute atomic E-state index is 0.259. The predicted molar refractivity (Wildman–Crippen MR) is 82.5 cm³/mol. The van der Waals surface area contributed by atoms with E-state index in [1.54, 1.807) is 19.4 Å². The highest BCUT2D eigenvalue weighted by Crippen LogP contribution is 2.18. The number of hydrogen-bond acceptors (Lipinski definition) is 5. The van der Waals surface area contributed by atoms with Crippen LogP contribution in [-0.2, 0) is 6.54 Å². The van der Waals surface area contributed by atoms with E-state index in [4.69, 9.17) is 4.74 Å². The molecule has 0 bridgehead atoms. The maximum atomic E-state index is 13.8. The molecule has 1 saturated heterocycles. The molecule has 2 aromatic heterocycles. The van der Waals surface area contributed by atoms with Crippen molar-refractivity contribution in [2.75, 3.05) is 38.2 Å². The number of methoxy groups -OCH3 is 1. The maximum Gasteiger partial charge on any atom is 0.213 e. The van der Waals surface area contributed by atoms with Crippen LogP contribution in [0.1, 0.15) is 5.69 Å². The van der Waals surface area contributed by atoms with Gasteiger partial charge in [-0.2, -0.15) is 0 Å². The summed E-state index contributed by atoms with van der Waals surface area (Å²) in [5.41, 5.74) is 0.983. The average Bonchev–Trinajstić information content (AvgIpc) is 2.56. The Kier molecular flexibility index (Phi) is 4.48. The molecule has 1 aliphatic rings. The molecule has 3 rings (SSSR count). The van der Waals surface area contributed by atoms with Gasteiger partial charge in [-0.1, -0.05) is 6.07 Å². The van der Waals surface area contributed by atoms with Crippen LogP contribution in [0.25, 0.3) is 0 Å². The van der Waals surface area contributed by atoms with Gasteiger partial charge in [0.15, 0.2) is 11.6 Å². The molecular weight excluding hydrogens is 283 g/mol. The Labute approximate surface area is 129 Å². The number of ether oxygens (including phenoxy) is 1. The number of rotatable bonds is 4. The third kappa shape index (κ3) is 3.33. The molecule has 0 aliphatic carbocycles. The van der Waals surface area contributed by atoms with Crippen molar-refractivity contribution >= 4 is 5.82 Å². The minimum Gasteiger partial charge on any atom is -0.481 e. The van der Waals surface area contributed by atoms with Crippen molar-refractivity contribution in [2.24, 2.45) is 0 Å². The van der Waals surface area contributed by atoms with Gasteiger partial charge in [-0.15, -0.1) is 0 Å². The Morgan fingerprint density at radius 3 is 2.68 bits per heavy atom. The standard InChI is InChI=1S/C16H19FN4O/c1-22-15-6-2-4-13(19-15)12-20-8-10-21(11-9-20)16-14(17)5-3-7-18-16/h2-7H,8-12H2,1H3. The summed E-state index contributed by atoms with van der Waals surface area (Å²) in [6.07, 6.45) is 1.63. The van der Waals surface area contributed by atoms with Crippen molar-refractivity contribution in [1.29, 1.82) is 0 Å². The smallest absolute Gasteiger partial charge is 0.213 e. The molecule has 6 heteroatoms. The molecule has 1 fully saturated rings. The fourth-order valence-corrected chi connectivity index (χ4v) is 2.62. The lowest BCUT2D eigenvalue weighted by molar-refractivity contribution is 0.245. The molecule has 2 aromatic rings. The van der Waals surface area contributed by atoms with E-state index in [1.807, 2.05) is 23.1 Å². The van der Waals surface area contributed by atoms with Crippen molar-refractivity contribution < 1.29 is 9.13 Å². The van der Waals surface area contributed by atoms with E-state index in [0.29, 0.717) is 11.7 Å². The molecule has 0 aromatic carbocycles. The Hall–Kier alpha value is -2.21. The number of aromatic nitrogens is 2. The van der Waals surface area contributed by atoms with Gasteiger partial charge in [-0.25, -0.2) is 14.4 Å². The fraction of sp³-hybridized carbons (Fsp3) is 0.375. The van der Waals surface area contributed by atoms with E-state index in [1.165, 1.54) is 6.07 Å². The van der Waals surface area contributed by atoms with Gasteiger partial charge in [0.05, 0.1) is 12.8 Å². The summed E-state index contributed by atoms with van der Waals surface area (Å²) in [5, 5.41) is 0. The van der Waals surface area contributed by atoms with Crippen LogP contribution in [0.2, 0.25) is 0 Å². The highest BCUT2D eigenvalue weighted by molar-refractivity contribution is 5.40. The molecule has 0 radical (unpaired) electrons. The Balaban J connectivity index is 1.59. The van der Waals surface area contributed by atoms with Gasteiger partial charge >= 0.3 is 0 Å². The van der Waals surface area contributed by atoms with Crippen LogP contribution >= 0.6 is 0 Å². The molecule has 0 atom stereocenters. The summed E-state index contributed by atoms with van der Waals surface area (Å²) >= 11 is 0. The van der Waals surface area contributed by atoms with Crippen LogP contribution in [0, 0.1) is 5.82 Å². The van der Waals surface area contributed by atoms with Crippen LogP contribution in [0.15, 0.2) is 36.5 Å². The molecule has 0 spiro atoms. The lowest BCUT2D eigenvalue weighted by Crippen LogP contribution is -2.46. The number of piperazine rings is 1. The molecule has 0 amide bonds. The van der Waals surface area contributed by atoms with Gasteiger partial charge in [0.1, 0.15) is 0 Å². The topological polar surface area (TPSA) is 41.5 Å². The van der Waals surface area contributed by atoms with Gasteiger partial charge in [0.2, 0.25) is 5.88 Å². The summed E-state index contributed by atoms with van der Waals surface area (Å²) in [6, 6.07) is 8.84. The van der Waals surface area contributed by atoms with E-state index in [9.17, 15) is 4.39 Å². The molecule has 22 heavy (non-hydrogen) atoms. The van der Waals surface area contributed by atoms with E-state index in [-0.39, 0.29) is 5.82 Å². The third-order valence-electron chi connectivity index (χ3n) is 3.79. The number of nitrogens with zero attached hydrogens (tertiary/aromatic N) is 4. The first-order chi connectivity index (χ1) is 10.8. The summed E-state index contributed by atoms with van der Waals surface area (Å²) in [5.74, 6) is 0.818. The average molecular weight is 302 g/mol. The van der Waals surface area contributed by atoms with Gasteiger partial charge in [0.25, 0.3) is 0 Å².